The number of halogens is 1. The number of nitrogens with zero attached hydrogens (tertiary/aromatic N) is 1. The Kier molecular flexibility index (Phi) is 3.16. The second kappa shape index (κ2) is 4.76. The molecule has 2 aromatic carbocycles. The first-order chi connectivity index (χ1) is 8.60. The molecular weight excluding hydrogens is 231 g/mol. The minimum Gasteiger partial charge on any atom is -0.452 e. The molecule has 3 nitrogen and oxygen atoms in total. The number of benzene rings is 2. The average molecular weight is 242 g/mol. The summed E-state index contributed by atoms with van der Waals surface area (Å²) in [7, 11) is 0. The van der Waals surface area contributed by atoms with Crippen molar-refractivity contribution >= 4 is 5.69 Å². The maximum Gasteiger partial charge on any atom is 0.167 e. The fourth-order valence-corrected chi connectivity index (χ4v) is 1.50. The van der Waals surface area contributed by atoms with Crippen LogP contribution >= 0.6 is 0 Å². The van der Waals surface area contributed by atoms with Gasteiger partial charge in [0, 0.05) is 0 Å². The summed E-state index contributed by atoms with van der Waals surface area (Å²) < 4.78 is 19.0. The molecule has 0 radical (unpaired) electrons. The third kappa shape index (κ3) is 2.41. The highest BCUT2D eigenvalue weighted by Gasteiger charge is 2.08. The molecule has 0 aromatic heterocycles. The summed E-state index contributed by atoms with van der Waals surface area (Å²) in [6.45, 7) is 1.89. The van der Waals surface area contributed by atoms with Crippen LogP contribution in [0.5, 0.6) is 11.5 Å². The van der Waals surface area contributed by atoms with Crippen LogP contribution < -0.4 is 10.5 Å². The Morgan fingerprint density at radius 1 is 1.17 bits per heavy atom. The topological polar surface area (TPSA) is 59.0 Å². The third-order valence-corrected chi connectivity index (χ3v) is 2.45. The monoisotopic (exact) mass is 242 g/mol. The summed E-state index contributed by atoms with van der Waals surface area (Å²) in [5.74, 6) is -0.139. The molecular formula is C14H11FN2O. The van der Waals surface area contributed by atoms with Gasteiger partial charge in [-0.1, -0.05) is 6.07 Å². The summed E-state index contributed by atoms with van der Waals surface area (Å²) in [6.07, 6.45) is 0. The Morgan fingerprint density at radius 2 is 1.94 bits per heavy atom. The SMILES string of the molecule is Cc1ccc(N)c(Oc2ccc(C#N)cc2F)c1. The van der Waals surface area contributed by atoms with Gasteiger partial charge in [0.25, 0.3) is 0 Å². The molecule has 2 aromatic rings. The number of ether oxygens (including phenoxy) is 1. The van der Waals surface area contributed by atoms with Crippen LogP contribution in [0.15, 0.2) is 36.4 Å². The van der Waals surface area contributed by atoms with Crippen LogP contribution in [-0.2, 0) is 0 Å². The lowest BCUT2D eigenvalue weighted by Gasteiger charge is -2.10. The van der Waals surface area contributed by atoms with E-state index in [0.29, 0.717) is 11.4 Å². The van der Waals surface area contributed by atoms with Crippen molar-refractivity contribution in [2.75, 3.05) is 5.73 Å². The maximum absolute atomic E-state index is 13.6. The first kappa shape index (κ1) is 11.9. The van der Waals surface area contributed by atoms with Crippen LogP contribution in [0.25, 0.3) is 0 Å². The van der Waals surface area contributed by atoms with Crippen LogP contribution in [0.2, 0.25) is 0 Å². The molecule has 0 atom stereocenters. The minimum absolute atomic E-state index is 0.0475. The molecule has 0 spiro atoms. The lowest BCUT2D eigenvalue weighted by atomic mass is 10.2. The second-order valence-corrected chi connectivity index (χ2v) is 3.90. The van der Waals surface area contributed by atoms with Gasteiger partial charge in [-0.2, -0.15) is 5.26 Å². The van der Waals surface area contributed by atoms with E-state index in [1.807, 2.05) is 19.1 Å². The van der Waals surface area contributed by atoms with Crippen molar-refractivity contribution in [2.45, 2.75) is 6.92 Å². The summed E-state index contributed by atoms with van der Waals surface area (Å²) in [5, 5.41) is 8.65. The molecule has 0 saturated carbocycles. The third-order valence-electron chi connectivity index (χ3n) is 2.45. The van der Waals surface area contributed by atoms with Gasteiger partial charge in [0.05, 0.1) is 17.3 Å². The molecule has 2 rings (SSSR count). The van der Waals surface area contributed by atoms with E-state index in [-0.39, 0.29) is 11.3 Å². The zero-order valence-electron chi connectivity index (χ0n) is 9.77. The molecule has 90 valence electrons. The van der Waals surface area contributed by atoms with E-state index in [2.05, 4.69) is 0 Å². The Morgan fingerprint density at radius 3 is 2.61 bits per heavy atom. The van der Waals surface area contributed by atoms with Gasteiger partial charge < -0.3 is 10.5 Å². The lowest BCUT2D eigenvalue weighted by molar-refractivity contribution is 0.443. The van der Waals surface area contributed by atoms with E-state index in [4.69, 9.17) is 15.7 Å². The quantitative estimate of drug-likeness (QED) is 0.821. The lowest BCUT2D eigenvalue weighted by Crippen LogP contribution is -1.94. The normalized spacial score (nSPS) is 9.83. The largest absolute Gasteiger partial charge is 0.452 e. The van der Waals surface area contributed by atoms with Crippen LogP contribution in [-0.4, -0.2) is 0 Å². The van der Waals surface area contributed by atoms with E-state index in [0.717, 1.165) is 11.6 Å². The van der Waals surface area contributed by atoms with E-state index in [9.17, 15) is 4.39 Å². The molecule has 0 bridgehead atoms. The first-order valence-electron chi connectivity index (χ1n) is 5.34. The number of nitrogens with two attached hydrogens (primary N) is 1. The standard InChI is InChI=1S/C14H11FN2O/c1-9-2-4-12(17)14(6-9)18-13-5-3-10(8-16)7-11(13)15/h2-7H,17H2,1H3. The fraction of sp³-hybridized carbons (Fsp3) is 0.0714. The summed E-state index contributed by atoms with van der Waals surface area (Å²) in [6, 6.07) is 11.2. The number of nitrogen functional groups attached to an aromatic ring is 1. The highest BCUT2D eigenvalue weighted by Crippen LogP contribution is 2.30. The zero-order chi connectivity index (χ0) is 13.1. The Labute approximate surface area is 104 Å². The molecule has 18 heavy (non-hydrogen) atoms. The molecule has 0 aliphatic carbocycles. The molecule has 0 fully saturated rings. The second-order valence-electron chi connectivity index (χ2n) is 3.90. The van der Waals surface area contributed by atoms with Gasteiger partial charge in [-0.3, -0.25) is 0 Å². The van der Waals surface area contributed by atoms with Crippen molar-refractivity contribution in [1.29, 1.82) is 5.26 Å². The van der Waals surface area contributed by atoms with Gasteiger partial charge in [-0.25, -0.2) is 4.39 Å². The van der Waals surface area contributed by atoms with Crippen molar-refractivity contribution in [3.05, 3.63) is 53.3 Å². The van der Waals surface area contributed by atoms with E-state index >= 15 is 0 Å². The Balaban J connectivity index is 2.34. The first-order valence-corrected chi connectivity index (χ1v) is 5.34. The van der Waals surface area contributed by atoms with Crippen molar-refractivity contribution in [2.24, 2.45) is 0 Å². The van der Waals surface area contributed by atoms with Crippen molar-refractivity contribution in [3.8, 4) is 17.6 Å². The molecule has 0 heterocycles. The average Bonchev–Trinajstić information content (AvgIpc) is 2.36. The number of aryl methyl sites for hydroxylation is 1. The van der Waals surface area contributed by atoms with Gasteiger partial charge in [-0.05, 0) is 42.8 Å². The molecule has 2 N–H and O–H groups in total. The van der Waals surface area contributed by atoms with E-state index < -0.39 is 5.82 Å². The zero-order valence-corrected chi connectivity index (χ0v) is 9.77. The molecule has 0 aliphatic heterocycles. The van der Waals surface area contributed by atoms with Crippen molar-refractivity contribution in [3.63, 3.8) is 0 Å². The minimum atomic E-state index is -0.588. The van der Waals surface area contributed by atoms with Crippen LogP contribution in [0.3, 0.4) is 0 Å². The smallest absolute Gasteiger partial charge is 0.167 e. The van der Waals surface area contributed by atoms with Gasteiger partial charge in [0.2, 0.25) is 0 Å². The number of rotatable bonds is 2. The highest BCUT2D eigenvalue weighted by molar-refractivity contribution is 5.55. The van der Waals surface area contributed by atoms with Gasteiger partial charge in [-0.15, -0.1) is 0 Å². The Bertz CT molecular complexity index is 632. The van der Waals surface area contributed by atoms with E-state index in [1.165, 1.54) is 12.1 Å². The van der Waals surface area contributed by atoms with Gasteiger partial charge in [0.1, 0.15) is 0 Å². The molecule has 0 unspecified atom stereocenters. The molecule has 4 heteroatoms. The van der Waals surface area contributed by atoms with Crippen molar-refractivity contribution < 1.29 is 9.13 Å². The Hall–Kier alpha value is -2.54. The number of hydrogen-bond acceptors (Lipinski definition) is 3. The highest BCUT2D eigenvalue weighted by atomic mass is 19.1. The summed E-state index contributed by atoms with van der Waals surface area (Å²) in [5.41, 5.74) is 7.39. The number of anilines is 1. The summed E-state index contributed by atoms with van der Waals surface area (Å²) >= 11 is 0. The summed E-state index contributed by atoms with van der Waals surface area (Å²) in [4.78, 5) is 0. The van der Waals surface area contributed by atoms with Crippen molar-refractivity contribution in [1.82, 2.24) is 0 Å². The van der Waals surface area contributed by atoms with Crippen LogP contribution in [0.4, 0.5) is 10.1 Å². The predicted molar refractivity (Wildman–Crippen MR) is 66.8 cm³/mol. The van der Waals surface area contributed by atoms with Crippen LogP contribution in [0.1, 0.15) is 11.1 Å². The molecule has 0 saturated heterocycles. The van der Waals surface area contributed by atoms with E-state index in [1.54, 1.807) is 12.1 Å². The predicted octanol–water partition coefficient (Wildman–Crippen LogP) is 3.38. The fourth-order valence-electron chi connectivity index (χ4n) is 1.50. The maximum atomic E-state index is 13.6. The van der Waals surface area contributed by atoms with Crippen LogP contribution in [0, 0.1) is 24.1 Å². The molecule has 0 amide bonds. The van der Waals surface area contributed by atoms with Gasteiger partial charge in [0.15, 0.2) is 17.3 Å². The number of nitriles is 1. The van der Waals surface area contributed by atoms with Gasteiger partial charge >= 0.3 is 0 Å². The number of hydrogen-bond donors (Lipinski definition) is 1. The molecule has 0 aliphatic rings.